The van der Waals surface area contributed by atoms with E-state index in [-0.39, 0.29) is 23.1 Å². The zero-order valence-corrected chi connectivity index (χ0v) is 14.0. The van der Waals surface area contributed by atoms with E-state index < -0.39 is 5.56 Å². The molecule has 7 heteroatoms. The van der Waals surface area contributed by atoms with Gasteiger partial charge < -0.3 is 19.8 Å². The van der Waals surface area contributed by atoms with Gasteiger partial charge in [-0.25, -0.2) is 0 Å². The molecule has 6 nitrogen and oxygen atoms in total. The summed E-state index contributed by atoms with van der Waals surface area (Å²) in [7, 11) is 0. The summed E-state index contributed by atoms with van der Waals surface area (Å²) in [6.45, 7) is 5.52. The molecule has 2 atom stereocenters. The number of aromatic amines is 1. The van der Waals surface area contributed by atoms with Crippen molar-refractivity contribution < 1.29 is 14.3 Å². The van der Waals surface area contributed by atoms with Crippen molar-refractivity contribution in [1.82, 2.24) is 10.3 Å². The van der Waals surface area contributed by atoms with E-state index in [2.05, 4.69) is 10.3 Å². The molecule has 2 rings (SSSR count). The molecule has 1 aliphatic heterocycles. The molecule has 1 amide bonds. The molecule has 2 heterocycles. The van der Waals surface area contributed by atoms with E-state index in [1.54, 1.807) is 0 Å². The van der Waals surface area contributed by atoms with Crippen LogP contribution in [0.15, 0.2) is 28.7 Å². The van der Waals surface area contributed by atoms with Gasteiger partial charge in [0.1, 0.15) is 5.02 Å². The Labute approximate surface area is 139 Å². The average Bonchev–Trinajstić information content (AvgIpc) is 2.51. The number of amides is 1. The first-order valence-electron chi connectivity index (χ1n) is 7.49. The van der Waals surface area contributed by atoms with E-state index >= 15 is 0 Å². The fraction of sp³-hybridized carbons (Fsp3) is 0.500. The fourth-order valence-corrected chi connectivity index (χ4v) is 2.40. The monoisotopic (exact) mass is 340 g/mol. The van der Waals surface area contributed by atoms with Gasteiger partial charge in [-0.3, -0.25) is 9.59 Å². The van der Waals surface area contributed by atoms with Crippen molar-refractivity contribution in [3.8, 4) is 0 Å². The number of halogens is 1. The lowest BCUT2D eigenvalue weighted by Gasteiger charge is -2.31. The second-order valence-corrected chi connectivity index (χ2v) is 6.07. The largest absolute Gasteiger partial charge is 0.379 e. The Bertz CT molecular complexity index is 637. The second-order valence-electron chi connectivity index (χ2n) is 5.66. The summed E-state index contributed by atoms with van der Waals surface area (Å²) in [6, 6.07) is 1.10. The number of carbonyl (C=O) groups excluding carboxylic acids is 1. The maximum absolute atomic E-state index is 12.3. The molecule has 0 unspecified atom stereocenters. The van der Waals surface area contributed by atoms with Gasteiger partial charge in [0.2, 0.25) is 0 Å². The molecule has 1 aromatic heterocycles. The van der Waals surface area contributed by atoms with Gasteiger partial charge in [-0.15, -0.1) is 0 Å². The zero-order chi connectivity index (χ0) is 16.8. The SMILES string of the molecule is CC(C)=CCO[C@@H]1CCOC[C@@H]1NC(=O)c1c[nH]c(=O)c(Cl)c1. The van der Waals surface area contributed by atoms with Gasteiger partial charge in [0, 0.05) is 12.8 Å². The van der Waals surface area contributed by atoms with Crippen LogP contribution in [0, 0.1) is 0 Å². The average molecular weight is 341 g/mol. The highest BCUT2D eigenvalue weighted by molar-refractivity contribution is 6.30. The number of ether oxygens (including phenoxy) is 2. The lowest BCUT2D eigenvalue weighted by molar-refractivity contribution is -0.0457. The van der Waals surface area contributed by atoms with Gasteiger partial charge in [0.25, 0.3) is 11.5 Å². The Morgan fingerprint density at radius 3 is 3.04 bits per heavy atom. The quantitative estimate of drug-likeness (QED) is 0.802. The number of nitrogens with one attached hydrogen (secondary N) is 2. The predicted octanol–water partition coefficient (Wildman–Crippen LogP) is 1.90. The highest BCUT2D eigenvalue weighted by Gasteiger charge is 2.28. The first kappa shape index (κ1) is 17.7. The molecule has 1 fully saturated rings. The van der Waals surface area contributed by atoms with Crippen molar-refractivity contribution >= 4 is 17.5 Å². The maximum Gasteiger partial charge on any atom is 0.266 e. The molecule has 0 saturated carbocycles. The lowest BCUT2D eigenvalue weighted by Crippen LogP contribution is -2.50. The summed E-state index contributed by atoms with van der Waals surface area (Å²) < 4.78 is 11.3. The highest BCUT2D eigenvalue weighted by atomic mass is 35.5. The van der Waals surface area contributed by atoms with Crippen LogP contribution in [0.5, 0.6) is 0 Å². The number of H-pyrrole nitrogens is 1. The van der Waals surface area contributed by atoms with Crippen LogP contribution in [-0.2, 0) is 9.47 Å². The summed E-state index contributed by atoms with van der Waals surface area (Å²) in [5, 5.41) is 2.86. The summed E-state index contributed by atoms with van der Waals surface area (Å²) in [6.07, 6.45) is 3.94. The zero-order valence-electron chi connectivity index (χ0n) is 13.2. The summed E-state index contributed by atoms with van der Waals surface area (Å²) >= 11 is 5.75. The molecule has 0 bridgehead atoms. The van der Waals surface area contributed by atoms with E-state index in [1.165, 1.54) is 17.8 Å². The second kappa shape index (κ2) is 8.29. The van der Waals surface area contributed by atoms with Gasteiger partial charge in [-0.2, -0.15) is 0 Å². The third kappa shape index (κ3) is 5.20. The molecule has 2 N–H and O–H groups in total. The lowest BCUT2D eigenvalue weighted by atomic mass is 10.1. The van der Waals surface area contributed by atoms with Crippen LogP contribution >= 0.6 is 11.6 Å². The molecule has 0 aromatic carbocycles. The minimum absolute atomic E-state index is 0.0195. The number of hydrogen-bond donors (Lipinski definition) is 2. The maximum atomic E-state index is 12.3. The standard InChI is InChI=1S/C16H21ClN2O4/c1-10(2)3-6-23-14-4-5-22-9-13(14)19-15(20)11-7-12(17)16(21)18-8-11/h3,7-8,13-14H,4-6,9H2,1-2H3,(H,18,21)(H,19,20)/t13-,14+/m0/s1. The smallest absolute Gasteiger partial charge is 0.266 e. The van der Waals surface area contributed by atoms with Crippen molar-refractivity contribution in [3.63, 3.8) is 0 Å². The first-order valence-corrected chi connectivity index (χ1v) is 7.87. The highest BCUT2D eigenvalue weighted by Crippen LogP contribution is 2.13. The molecule has 1 aliphatic rings. The molecule has 0 radical (unpaired) electrons. The predicted molar refractivity (Wildman–Crippen MR) is 87.9 cm³/mol. The number of carbonyl (C=O) groups is 1. The summed E-state index contributed by atoms with van der Waals surface area (Å²) in [4.78, 5) is 26.0. The van der Waals surface area contributed by atoms with Crippen molar-refractivity contribution in [2.24, 2.45) is 0 Å². The minimum Gasteiger partial charge on any atom is -0.379 e. The molecule has 1 saturated heterocycles. The number of aromatic nitrogens is 1. The van der Waals surface area contributed by atoms with Gasteiger partial charge in [0.05, 0.1) is 30.9 Å². The van der Waals surface area contributed by atoms with Gasteiger partial charge in [0.15, 0.2) is 0 Å². The van der Waals surface area contributed by atoms with Crippen LogP contribution < -0.4 is 10.9 Å². The molecular formula is C16H21ClN2O4. The molecular weight excluding hydrogens is 320 g/mol. The van der Waals surface area contributed by atoms with Gasteiger partial charge in [-0.05, 0) is 26.3 Å². The third-order valence-corrected chi connectivity index (χ3v) is 3.81. The molecule has 23 heavy (non-hydrogen) atoms. The van der Waals surface area contributed by atoms with E-state index in [0.29, 0.717) is 31.8 Å². The Balaban J connectivity index is 2.00. The van der Waals surface area contributed by atoms with Crippen LogP contribution in [0.3, 0.4) is 0 Å². The number of rotatable bonds is 5. The number of pyridine rings is 1. The van der Waals surface area contributed by atoms with Gasteiger partial charge >= 0.3 is 0 Å². The van der Waals surface area contributed by atoms with Crippen LogP contribution in [0.25, 0.3) is 0 Å². The normalized spacial score (nSPS) is 20.8. The van der Waals surface area contributed by atoms with Crippen molar-refractivity contribution in [2.45, 2.75) is 32.4 Å². The first-order chi connectivity index (χ1) is 11.0. The number of allylic oxidation sites excluding steroid dienone is 1. The minimum atomic E-state index is -0.424. The summed E-state index contributed by atoms with van der Waals surface area (Å²) in [5.74, 6) is -0.325. The number of hydrogen-bond acceptors (Lipinski definition) is 4. The van der Waals surface area contributed by atoms with Crippen LogP contribution in [0.4, 0.5) is 0 Å². The van der Waals surface area contributed by atoms with Crippen molar-refractivity contribution in [3.05, 3.63) is 44.9 Å². The van der Waals surface area contributed by atoms with Crippen LogP contribution in [-0.4, -0.2) is 42.9 Å². The Morgan fingerprint density at radius 2 is 2.35 bits per heavy atom. The Morgan fingerprint density at radius 1 is 1.57 bits per heavy atom. The van der Waals surface area contributed by atoms with E-state index in [1.807, 2.05) is 19.9 Å². The van der Waals surface area contributed by atoms with Crippen LogP contribution in [0.2, 0.25) is 5.02 Å². The third-order valence-electron chi connectivity index (χ3n) is 3.53. The summed E-state index contributed by atoms with van der Waals surface area (Å²) in [5.41, 5.74) is 1.05. The van der Waals surface area contributed by atoms with Crippen molar-refractivity contribution in [1.29, 1.82) is 0 Å². The Hall–Kier alpha value is -1.63. The van der Waals surface area contributed by atoms with Gasteiger partial charge in [-0.1, -0.05) is 23.3 Å². The molecule has 0 spiro atoms. The molecule has 126 valence electrons. The molecule has 1 aromatic rings. The molecule has 0 aliphatic carbocycles. The topological polar surface area (TPSA) is 80.4 Å². The fourth-order valence-electron chi connectivity index (χ4n) is 2.23. The van der Waals surface area contributed by atoms with E-state index in [0.717, 1.165) is 0 Å². The van der Waals surface area contributed by atoms with Crippen molar-refractivity contribution in [2.75, 3.05) is 19.8 Å². The Kier molecular flexibility index (Phi) is 6.38. The van der Waals surface area contributed by atoms with E-state index in [4.69, 9.17) is 21.1 Å². The van der Waals surface area contributed by atoms with E-state index in [9.17, 15) is 9.59 Å². The van der Waals surface area contributed by atoms with Crippen LogP contribution in [0.1, 0.15) is 30.6 Å².